The lowest BCUT2D eigenvalue weighted by Crippen LogP contribution is -2.46. The lowest BCUT2D eigenvalue weighted by molar-refractivity contribution is -0.139. The van der Waals surface area contributed by atoms with E-state index in [1.165, 1.54) is 0 Å². The normalized spacial score (nSPS) is 22.2. The highest BCUT2D eigenvalue weighted by Gasteiger charge is 2.38. The maximum Gasteiger partial charge on any atom is 0.250 e. The van der Waals surface area contributed by atoms with Crippen molar-refractivity contribution < 1.29 is 9.59 Å². The molecule has 2 amide bonds. The number of hydrogen-bond acceptors (Lipinski definition) is 5. The van der Waals surface area contributed by atoms with Gasteiger partial charge in [-0.2, -0.15) is 4.98 Å². The summed E-state index contributed by atoms with van der Waals surface area (Å²) >= 11 is 1.62. The molecule has 22 heavy (non-hydrogen) atoms. The van der Waals surface area contributed by atoms with Crippen LogP contribution in [0.3, 0.4) is 0 Å². The number of H-pyrrole nitrogens is 1. The Hall–Kier alpha value is -1.57. The van der Waals surface area contributed by atoms with E-state index in [9.17, 15) is 9.59 Å². The van der Waals surface area contributed by atoms with Crippen molar-refractivity contribution >= 4 is 29.5 Å². The molecule has 7 nitrogen and oxygen atoms in total. The second kappa shape index (κ2) is 6.68. The molecule has 1 saturated heterocycles. The number of amides is 2. The van der Waals surface area contributed by atoms with Crippen LogP contribution in [0.15, 0.2) is 0 Å². The number of nitrogens with zero attached hydrogens (tertiary/aromatic N) is 3. The van der Waals surface area contributed by atoms with Gasteiger partial charge in [-0.25, -0.2) is 0 Å². The maximum absolute atomic E-state index is 12.6. The average Bonchev–Trinajstić information content (AvgIpc) is 3.26. The quantitative estimate of drug-likeness (QED) is 0.874. The molecule has 1 aromatic heterocycles. The van der Waals surface area contributed by atoms with Gasteiger partial charge in [0.1, 0.15) is 11.9 Å². The van der Waals surface area contributed by atoms with Crippen LogP contribution >= 0.6 is 11.8 Å². The van der Waals surface area contributed by atoms with Crippen molar-refractivity contribution in [2.45, 2.75) is 45.1 Å². The molecule has 3 rings (SSSR count). The van der Waals surface area contributed by atoms with E-state index in [1.807, 2.05) is 6.92 Å². The maximum atomic E-state index is 12.6. The molecular formula is C14H21N5O2S. The van der Waals surface area contributed by atoms with Crippen molar-refractivity contribution in [2.24, 2.45) is 5.92 Å². The number of carbonyl (C=O) groups is 2. The van der Waals surface area contributed by atoms with E-state index in [2.05, 4.69) is 20.5 Å². The number of aryl methyl sites for hydroxylation is 1. The van der Waals surface area contributed by atoms with Gasteiger partial charge in [0.2, 0.25) is 17.8 Å². The fourth-order valence-electron chi connectivity index (χ4n) is 2.99. The fraction of sp³-hybridized carbons (Fsp3) is 0.714. The lowest BCUT2D eigenvalue weighted by Gasteiger charge is -2.25. The predicted octanol–water partition coefficient (Wildman–Crippen LogP) is 1.40. The van der Waals surface area contributed by atoms with E-state index in [-0.39, 0.29) is 23.7 Å². The molecule has 2 N–H and O–H groups in total. The summed E-state index contributed by atoms with van der Waals surface area (Å²) in [6, 6.07) is -0.415. The number of nitrogens with one attached hydrogen (secondary N) is 2. The van der Waals surface area contributed by atoms with Crippen LogP contribution in [0.25, 0.3) is 0 Å². The topological polar surface area (TPSA) is 91.0 Å². The van der Waals surface area contributed by atoms with Crippen molar-refractivity contribution in [3.8, 4) is 0 Å². The summed E-state index contributed by atoms with van der Waals surface area (Å²) < 4.78 is 0. The van der Waals surface area contributed by atoms with Gasteiger partial charge in [0, 0.05) is 18.1 Å². The first kappa shape index (κ1) is 15.3. The van der Waals surface area contributed by atoms with Gasteiger partial charge in [-0.3, -0.25) is 20.0 Å². The van der Waals surface area contributed by atoms with Gasteiger partial charge >= 0.3 is 0 Å². The van der Waals surface area contributed by atoms with Crippen LogP contribution in [0.4, 0.5) is 5.95 Å². The van der Waals surface area contributed by atoms with E-state index in [1.54, 1.807) is 16.7 Å². The first-order valence-electron chi connectivity index (χ1n) is 7.79. The van der Waals surface area contributed by atoms with Crippen LogP contribution in [0.2, 0.25) is 0 Å². The molecule has 1 aliphatic carbocycles. The van der Waals surface area contributed by atoms with Crippen LogP contribution in [0, 0.1) is 5.92 Å². The number of aromatic nitrogens is 3. The largest absolute Gasteiger partial charge is 0.320 e. The van der Waals surface area contributed by atoms with Gasteiger partial charge in [0.15, 0.2) is 0 Å². The van der Waals surface area contributed by atoms with Gasteiger partial charge in [0.25, 0.3) is 0 Å². The van der Waals surface area contributed by atoms with Gasteiger partial charge < -0.3 is 4.90 Å². The van der Waals surface area contributed by atoms with E-state index >= 15 is 0 Å². The molecule has 0 bridgehead atoms. The van der Waals surface area contributed by atoms with Crippen molar-refractivity contribution in [2.75, 3.05) is 16.9 Å². The number of anilines is 1. The molecule has 0 spiro atoms. The summed E-state index contributed by atoms with van der Waals surface area (Å²) in [4.78, 5) is 30.9. The Bertz CT molecular complexity index is 555. The Kier molecular flexibility index (Phi) is 4.66. The van der Waals surface area contributed by atoms with Crippen LogP contribution in [0.1, 0.15) is 38.4 Å². The molecular weight excluding hydrogens is 302 g/mol. The Morgan fingerprint density at radius 2 is 2.18 bits per heavy atom. The molecule has 1 saturated carbocycles. The third kappa shape index (κ3) is 3.11. The Labute approximate surface area is 133 Å². The molecule has 8 heteroatoms. The van der Waals surface area contributed by atoms with E-state index in [0.29, 0.717) is 11.6 Å². The smallest absolute Gasteiger partial charge is 0.250 e. The zero-order valence-corrected chi connectivity index (χ0v) is 13.5. The Morgan fingerprint density at radius 3 is 2.86 bits per heavy atom. The predicted molar refractivity (Wildman–Crippen MR) is 84.3 cm³/mol. The van der Waals surface area contributed by atoms with Crippen molar-refractivity contribution in [3.63, 3.8) is 0 Å². The van der Waals surface area contributed by atoms with Gasteiger partial charge in [-0.1, -0.05) is 19.8 Å². The summed E-state index contributed by atoms with van der Waals surface area (Å²) in [5.41, 5.74) is 0. The first-order valence-corrected chi connectivity index (χ1v) is 8.95. The van der Waals surface area contributed by atoms with E-state index in [4.69, 9.17) is 0 Å². The third-order valence-electron chi connectivity index (χ3n) is 4.27. The van der Waals surface area contributed by atoms with Crippen LogP contribution < -0.4 is 5.32 Å². The second-order valence-corrected chi connectivity index (χ2v) is 6.75. The Balaban J connectivity index is 1.64. The van der Waals surface area contributed by atoms with Gasteiger partial charge in [-0.05, 0) is 12.8 Å². The van der Waals surface area contributed by atoms with E-state index in [0.717, 1.165) is 37.9 Å². The monoisotopic (exact) mass is 323 g/mol. The molecule has 0 radical (unpaired) electrons. The SMILES string of the molecule is CCc1nc(NC(=O)[C@H]2CSCN2C(=O)C2CCCC2)n[nH]1. The summed E-state index contributed by atoms with van der Waals surface area (Å²) in [6.45, 7) is 1.96. The lowest BCUT2D eigenvalue weighted by atomic mass is 10.1. The molecule has 0 unspecified atom stereocenters. The minimum Gasteiger partial charge on any atom is -0.320 e. The van der Waals surface area contributed by atoms with Crippen molar-refractivity contribution in [3.05, 3.63) is 5.82 Å². The zero-order valence-electron chi connectivity index (χ0n) is 12.7. The minimum atomic E-state index is -0.415. The number of carbonyl (C=O) groups excluding carboxylic acids is 2. The van der Waals surface area contributed by atoms with Crippen molar-refractivity contribution in [1.29, 1.82) is 0 Å². The number of rotatable bonds is 4. The number of hydrogen-bond donors (Lipinski definition) is 2. The highest BCUT2D eigenvalue weighted by molar-refractivity contribution is 7.99. The highest BCUT2D eigenvalue weighted by atomic mass is 32.2. The molecule has 0 aromatic carbocycles. The van der Waals surface area contributed by atoms with Crippen LogP contribution in [0.5, 0.6) is 0 Å². The van der Waals surface area contributed by atoms with Gasteiger partial charge in [0.05, 0.1) is 5.88 Å². The molecule has 1 atom stereocenters. The van der Waals surface area contributed by atoms with Gasteiger partial charge in [-0.15, -0.1) is 16.9 Å². The van der Waals surface area contributed by atoms with Crippen molar-refractivity contribution in [1.82, 2.24) is 20.1 Å². The molecule has 2 fully saturated rings. The summed E-state index contributed by atoms with van der Waals surface area (Å²) in [6.07, 6.45) is 4.87. The summed E-state index contributed by atoms with van der Waals surface area (Å²) in [7, 11) is 0. The molecule has 1 aliphatic heterocycles. The second-order valence-electron chi connectivity index (χ2n) is 5.75. The number of thioether (sulfide) groups is 1. The average molecular weight is 323 g/mol. The molecule has 2 aliphatic rings. The highest BCUT2D eigenvalue weighted by Crippen LogP contribution is 2.31. The van der Waals surface area contributed by atoms with E-state index < -0.39 is 6.04 Å². The fourth-order valence-corrected chi connectivity index (χ4v) is 4.15. The molecule has 120 valence electrons. The number of aromatic amines is 1. The summed E-state index contributed by atoms with van der Waals surface area (Å²) in [5, 5.41) is 9.45. The standard InChI is InChI=1S/C14H21N5O2S/c1-2-11-15-14(18-17-11)16-12(20)10-7-22-8-19(10)13(21)9-5-3-4-6-9/h9-10H,2-8H2,1H3,(H2,15,16,17,18,20)/t10-/m1/s1. The van der Waals surface area contributed by atoms with Crippen LogP contribution in [-0.4, -0.2) is 49.6 Å². The minimum absolute atomic E-state index is 0.101. The molecule has 1 aromatic rings. The summed E-state index contributed by atoms with van der Waals surface area (Å²) in [5.74, 6) is 2.29. The third-order valence-corrected chi connectivity index (χ3v) is 5.29. The molecule has 2 heterocycles. The Morgan fingerprint density at radius 1 is 1.41 bits per heavy atom. The first-order chi connectivity index (χ1) is 10.7. The van der Waals surface area contributed by atoms with Crippen LogP contribution in [-0.2, 0) is 16.0 Å². The zero-order chi connectivity index (χ0) is 15.5.